The fourth-order valence-corrected chi connectivity index (χ4v) is 1.20. The van der Waals surface area contributed by atoms with Crippen LogP contribution in [0.3, 0.4) is 0 Å². The van der Waals surface area contributed by atoms with Gasteiger partial charge in [0.05, 0.1) is 23.8 Å². The lowest BCUT2D eigenvalue weighted by atomic mass is 10.2. The zero-order valence-electron chi connectivity index (χ0n) is 7.56. The average molecular weight is 191 g/mol. The number of nitrogens with one attached hydrogen (secondary N) is 1. The highest BCUT2D eigenvalue weighted by Gasteiger charge is 2.10. The zero-order valence-corrected chi connectivity index (χ0v) is 7.56. The van der Waals surface area contributed by atoms with Crippen molar-refractivity contribution in [3.8, 4) is 5.82 Å². The predicted octanol–water partition coefficient (Wildman–Crippen LogP) is 0.00272. The van der Waals surface area contributed by atoms with E-state index in [9.17, 15) is 4.79 Å². The second-order valence-corrected chi connectivity index (χ2v) is 2.87. The summed E-state index contributed by atoms with van der Waals surface area (Å²) in [4.78, 5) is 17.7. The molecule has 2 aromatic rings. The minimum Gasteiger partial charge on any atom is -0.365 e. The number of aryl methyl sites for hydroxylation is 1. The van der Waals surface area contributed by atoms with Crippen molar-refractivity contribution in [2.24, 2.45) is 5.73 Å². The number of amides is 1. The summed E-state index contributed by atoms with van der Waals surface area (Å²) >= 11 is 0. The van der Waals surface area contributed by atoms with Crippen LogP contribution in [-0.4, -0.2) is 25.7 Å². The Balaban J connectivity index is 2.48. The molecule has 2 rings (SSSR count). The number of aromatic nitrogens is 4. The van der Waals surface area contributed by atoms with Gasteiger partial charge in [0, 0.05) is 6.20 Å². The molecule has 6 nitrogen and oxygen atoms in total. The van der Waals surface area contributed by atoms with Gasteiger partial charge in [0.25, 0.3) is 5.91 Å². The number of carbonyl (C=O) groups is 1. The van der Waals surface area contributed by atoms with E-state index in [4.69, 9.17) is 5.73 Å². The fourth-order valence-electron chi connectivity index (χ4n) is 1.20. The molecule has 0 radical (unpaired) electrons. The minimum absolute atomic E-state index is 0.416. The van der Waals surface area contributed by atoms with Crippen LogP contribution in [0.2, 0.25) is 0 Å². The number of hydrogen-bond donors (Lipinski definition) is 2. The van der Waals surface area contributed by atoms with Crippen molar-refractivity contribution in [3.63, 3.8) is 0 Å². The summed E-state index contributed by atoms with van der Waals surface area (Å²) in [5.41, 5.74) is 6.18. The van der Waals surface area contributed by atoms with Gasteiger partial charge in [0.2, 0.25) is 0 Å². The van der Waals surface area contributed by atoms with Gasteiger partial charge in [0.1, 0.15) is 0 Å². The number of aromatic amines is 1. The molecule has 0 aromatic carbocycles. The molecule has 0 unspecified atom stereocenters. The molecule has 6 heteroatoms. The van der Waals surface area contributed by atoms with Crippen LogP contribution >= 0.6 is 0 Å². The third kappa shape index (κ3) is 1.26. The summed E-state index contributed by atoms with van der Waals surface area (Å²) < 4.78 is 1.53. The van der Waals surface area contributed by atoms with E-state index in [-0.39, 0.29) is 0 Å². The molecule has 2 heterocycles. The molecule has 0 atom stereocenters. The van der Waals surface area contributed by atoms with Gasteiger partial charge >= 0.3 is 0 Å². The van der Waals surface area contributed by atoms with E-state index in [1.54, 1.807) is 19.3 Å². The SMILES string of the molecule is Cc1nn(-c2cnc[nH]2)cc1C(N)=O. The molecule has 0 saturated carbocycles. The Kier molecular flexibility index (Phi) is 1.81. The Labute approximate surface area is 79.8 Å². The van der Waals surface area contributed by atoms with E-state index in [0.29, 0.717) is 17.1 Å². The van der Waals surface area contributed by atoms with Crippen molar-refractivity contribution in [2.75, 3.05) is 0 Å². The average Bonchev–Trinajstić information content (AvgIpc) is 2.70. The third-order valence-electron chi connectivity index (χ3n) is 1.89. The Hall–Kier alpha value is -2.11. The van der Waals surface area contributed by atoms with Gasteiger partial charge in [-0.25, -0.2) is 9.67 Å². The summed E-state index contributed by atoms with van der Waals surface area (Å²) in [5, 5.41) is 4.12. The normalized spacial score (nSPS) is 10.4. The quantitative estimate of drug-likeness (QED) is 0.700. The number of carbonyl (C=O) groups excluding carboxylic acids is 1. The highest BCUT2D eigenvalue weighted by molar-refractivity contribution is 5.93. The predicted molar refractivity (Wildman–Crippen MR) is 49.0 cm³/mol. The molecule has 2 aromatic heterocycles. The van der Waals surface area contributed by atoms with Crippen molar-refractivity contribution in [1.82, 2.24) is 19.7 Å². The van der Waals surface area contributed by atoms with Gasteiger partial charge in [-0.3, -0.25) is 4.79 Å². The summed E-state index contributed by atoms with van der Waals surface area (Å²) in [5.74, 6) is 0.217. The molecule has 0 bridgehead atoms. The lowest BCUT2D eigenvalue weighted by Crippen LogP contribution is -2.11. The van der Waals surface area contributed by atoms with E-state index in [1.165, 1.54) is 11.0 Å². The number of rotatable bonds is 2. The van der Waals surface area contributed by atoms with Crippen molar-refractivity contribution in [1.29, 1.82) is 0 Å². The number of nitrogens with zero attached hydrogens (tertiary/aromatic N) is 3. The number of H-pyrrole nitrogens is 1. The number of primary amides is 1. The minimum atomic E-state index is -0.478. The largest absolute Gasteiger partial charge is 0.365 e. The molecule has 0 fully saturated rings. The topological polar surface area (TPSA) is 89.6 Å². The molecular weight excluding hydrogens is 182 g/mol. The Morgan fingerprint density at radius 1 is 1.64 bits per heavy atom. The van der Waals surface area contributed by atoms with Crippen molar-refractivity contribution in [3.05, 3.63) is 30.0 Å². The summed E-state index contributed by atoms with van der Waals surface area (Å²) in [7, 11) is 0. The van der Waals surface area contributed by atoms with Crippen LogP contribution < -0.4 is 5.73 Å². The first-order chi connectivity index (χ1) is 6.68. The van der Waals surface area contributed by atoms with E-state index >= 15 is 0 Å². The van der Waals surface area contributed by atoms with E-state index in [1.807, 2.05) is 0 Å². The molecular formula is C8H9N5O. The monoisotopic (exact) mass is 191 g/mol. The van der Waals surface area contributed by atoms with Gasteiger partial charge in [-0.15, -0.1) is 0 Å². The van der Waals surface area contributed by atoms with Crippen LogP contribution in [-0.2, 0) is 0 Å². The lowest BCUT2D eigenvalue weighted by molar-refractivity contribution is 0.0999. The van der Waals surface area contributed by atoms with Crippen LogP contribution in [0, 0.1) is 6.92 Å². The van der Waals surface area contributed by atoms with E-state index in [2.05, 4.69) is 15.1 Å². The van der Waals surface area contributed by atoms with Crippen LogP contribution in [0.1, 0.15) is 16.1 Å². The standard InChI is InChI=1S/C8H9N5O/c1-5-6(8(9)14)3-13(12-5)7-2-10-4-11-7/h2-4H,1H3,(H2,9,14)(H,10,11). The molecule has 0 aliphatic carbocycles. The van der Waals surface area contributed by atoms with Crippen LogP contribution in [0.4, 0.5) is 0 Å². The van der Waals surface area contributed by atoms with Crippen LogP contribution in [0.5, 0.6) is 0 Å². The van der Waals surface area contributed by atoms with Crippen molar-refractivity contribution in [2.45, 2.75) is 6.92 Å². The van der Waals surface area contributed by atoms with E-state index in [0.717, 1.165) is 0 Å². The molecule has 14 heavy (non-hydrogen) atoms. The second kappa shape index (κ2) is 2.99. The third-order valence-corrected chi connectivity index (χ3v) is 1.89. The highest BCUT2D eigenvalue weighted by atomic mass is 16.1. The molecule has 0 aliphatic heterocycles. The highest BCUT2D eigenvalue weighted by Crippen LogP contribution is 2.08. The number of imidazole rings is 1. The summed E-state index contributed by atoms with van der Waals surface area (Å²) in [6, 6.07) is 0. The molecule has 72 valence electrons. The zero-order chi connectivity index (χ0) is 10.1. The smallest absolute Gasteiger partial charge is 0.252 e. The number of hydrogen-bond acceptors (Lipinski definition) is 3. The Morgan fingerprint density at radius 2 is 2.43 bits per heavy atom. The van der Waals surface area contributed by atoms with Crippen LogP contribution in [0.15, 0.2) is 18.7 Å². The maximum absolute atomic E-state index is 10.9. The van der Waals surface area contributed by atoms with Crippen molar-refractivity contribution < 1.29 is 4.79 Å². The first-order valence-corrected chi connectivity index (χ1v) is 4.03. The second-order valence-electron chi connectivity index (χ2n) is 2.87. The van der Waals surface area contributed by atoms with Crippen molar-refractivity contribution >= 4 is 5.91 Å². The maximum atomic E-state index is 10.9. The summed E-state index contributed by atoms with van der Waals surface area (Å²) in [6.07, 6.45) is 4.72. The Bertz CT molecular complexity index is 456. The maximum Gasteiger partial charge on any atom is 0.252 e. The van der Waals surface area contributed by atoms with Gasteiger partial charge in [-0.1, -0.05) is 0 Å². The molecule has 0 saturated heterocycles. The number of nitrogens with two attached hydrogens (primary N) is 1. The van der Waals surface area contributed by atoms with Gasteiger partial charge in [-0.05, 0) is 6.92 Å². The first-order valence-electron chi connectivity index (χ1n) is 4.03. The molecule has 0 aliphatic rings. The lowest BCUT2D eigenvalue weighted by Gasteiger charge is -1.92. The molecule has 1 amide bonds. The first kappa shape index (κ1) is 8.49. The molecule has 3 N–H and O–H groups in total. The summed E-state index contributed by atoms with van der Waals surface area (Å²) in [6.45, 7) is 1.73. The van der Waals surface area contributed by atoms with E-state index < -0.39 is 5.91 Å². The van der Waals surface area contributed by atoms with Crippen LogP contribution in [0.25, 0.3) is 5.82 Å². The Morgan fingerprint density at radius 3 is 2.93 bits per heavy atom. The van der Waals surface area contributed by atoms with Gasteiger partial charge in [0.15, 0.2) is 5.82 Å². The molecule has 0 spiro atoms. The van der Waals surface area contributed by atoms with Gasteiger partial charge in [-0.2, -0.15) is 5.10 Å². The van der Waals surface area contributed by atoms with Gasteiger partial charge < -0.3 is 10.7 Å². The fraction of sp³-hybridized carbons (Fsp3) is 0.125.